The highest BCUT2D eigenvalue weighted by Crippen LogP contribution is 2.38. The van der Waals surface area contributed by atoms with Crippen molar-refractivity contribution in [2.24, 2.45) is 5.73 Å². The molecule has 0 unspecified atom stereocenters. The molecule has 5 nitrogen and oxygen atoms in total. The molecule has 0 saturated heterocycles. The van der Waals surface area contributed by atoms with Crippen LogP contribution in [0.1, 0.15) is 45.6 Å². The van der Waals surface area contributed by atoms with Crippen LogP contribution in [0, 0.1) is 0 Å². The number of hydrogen-bond donors (Lipinski definition) is 3. The number of primary amides is 1. The highest BCUT2D eigenvalue weighted by molar-refractivity contribution is 7.97. The summed E-state index contributed by atoms with van der Waals surface area (Å²) in [5, 5.41) is 3.67. The van der Waals surface area contributed by atoms with Crippen LogP contribution >= 0.6 is 23.5 Å². The van der Waals surface area contributed by atoms with Crippen molar-refractivity contribution in [3.63, 3.8) is 0 Å². The second-order valence-electron chi connectivity index (χ2n) is 6.75. The van der Waals surface area contributed by atoms with Gasteiger partial charge in [0, 0.05) is 18.9 Å². The molecular weight excluding hydrogens is 392 g/mol. The van der Waals surface area contributed by atoms with Crippen LogP contribution in [0.5, 0.6) is 0 Å². The number of nitrogens with zero attached hydrogens (tertiary/aromatic N) is 1. The summed E-state index contributed by atoms with van der Waals surface area (Å²) in [7, 11) is 2.08. The van der Waals surface area contributed by atoms with E-state index in [4.69, 9.17) is 17.3 Å². The molecule has 0 fully saturated rings. The lowest BCUT2D eigenvalue weighted by Crippen LogP contribution is -2.15. The topological polar surface area (TPSA) is 80.0 Å². The Morgan fingerprint density at radius 3 is 2.39 bits per heavy atom. The van der Waals surface area contributed by atoms with Crippen molar-refractivity contribution in [1.82, 2.24) is 9.71 Å². The average molecular weight is 417 g/mol. The van der Waals surface area contributed by atoms with E-state index in [1.807, 2.05) is 0 Å². The minimum Gasteiger partial charge on any atom is -0.388 e. The van der Waals surface area contributed by atoms with E-state index in [0.717, 1.165) is 0 Å². The molecule has 4 N–H and O–H groups in total. The van der Waals surface area contributed by atoms with E-state index in [0.29, 0.717) is 4.90 Å². The highest BCUT2D eigenvalue weighted by atomic mass is 35.5. The molecule has 2 aliphatic rings. The molecule has 2 aromatic rings. The van der Waals surface area contributed by atoms with Crippen molar-refractivity contribution >= 4 is 35.1 Å². The Balaban J connectivity index is 0.000000161. The minimum atomic E-state index is -0.610. The Morgan fingerprint density at radius 2 is 1.86 bits per heavy atom. The van der Waals surface area contributed by atoms with Crippen LogP contribution in [0.3, 0.4) is 0 Å². The van der Waals surface area contributed by atoms with Gasteiger partial charge >= 0.3 is 0 Å². The Labute approximate surface area is 175 Å². The predicted octanol–water partition coefficient (Wildman–Crippen LogP) is 4.28. The van der Waals surface area contributed by atoms with E-state index < -0.39 is 5.91 Å². The number of nitrogens with one attached hydrogen (secondary N) is 2. The third-order valence-electron chi connectivity index (χ3n) is 5.03. The van der Waals surface area contributed by atoms with Gasteiger partial charge in [-0.2, -0.15) is 0 Å². The van der Waals surface area contributed by atoms with Gasteiger partial charge in [-0.1, -0.05) is 24.2 Å². The molecule has 0 atom stereocenters. The summed E-state index contributed by atoms with van der Waals surface area (Å²) in [4.78, 5) is 15.4. The molecule has 1 aromatic carbocycles. The summed E-state index contributed by atoms with van der Waals surface area (Å²) < 4.78 is 2.77. The van der Waals surface area contributed by atoms with Crippen LogP contribution in [-0.4, -0.2) is 17.9 Å². The molecule has 1 aromatic heterocycles. The zero-order valence-corrected chi connectivity index (χ0v) is 17.6. The van der Waals surface area contributed by atoms with Crippen molar-refractivity contribution < 1.29 is 4.79 Å². The zero-order valence-electron chi connectivity index (χ0n) is 16.0. The van der Waals surface area contributed by atoms with Crippen molar-refractivity contribution in [2.45, 2.75) is 43.4 Å². The molecule has 0 saturated carbocycles. The van der Waals surface area contributed by atoms with E-state index in [-0.39, 0.29) is 10.8 Å². The van der Waals surface area contributed by atoms with Gasteiger partial charge in [0.25, 0.3) is 5.91 Å². The summed E-state index contributed by atoms with van der Waals surface area (Å²) in [6.07, 6.45) is 9.38. The minimum absolute atomic E-state index is 0.150. The number of aromatic nitrogens is 1. The maximum Gasteiger partial charge on any atom is 0.268 e. The maximum absolute atomic E-state index is 11.0. The molecule has 1 heterocycles. The Bertz CT molecular complexity index is 868. The number of halogens is 1. The third kappa shape index (κ3) is 4.45. The number of carbonyl (C=O) groups excluding carboxylic acids is 1. The molecule has 0 aliphatic heterocycles. The number of aryl methyl sites for hydroxylation is 2. The lowest BCUT2D eigenvalue weighted by atomic mass is 9.99. The number of rotatable bonds is 5. The fourth-order valence-corrected chi connectivity index (χ4v) is 4.64. The first kappa shape index (κ1) is 20.6. The molecule has 148 valence electrons. The van der Waals surface area contributed by atoms with Gasteiger partial charge in [-0.05, 0) is 84.9 Å². The number of carbonyl (C=O) groups is 1. The molecule has 28 heavy (non-hydrogen) atoms. The SMILES string of the molecule is C=CNSc1ccc(Cl)nc1C(N)=O.CNc1c2c(cc3c1CCC3)CCC2. The number of fused-ring (bicyclic) bond motifs is 2. The summed E-state index contributed by atoms with van der Waals surface area (Å²) in [5.41, 5.74) is 13.2. The van der Waals surface area contributed by atoms with Crippen LogP contribution in [0.4, 0.5) is 5.69 Å². The molecule has 0 bridgehead atoms. The first-order valence-corrected chi connectivity index (χ1v) is 10.6. The van der Waals surface area contributed by atoms with Crippen LogP contribution in [0.25, 0.3) is 0 Å². The van der Waals surface area contributed by atoms with Gasteiger partial charge in [0.15, 0.2) is 0 Å². The number of pyridine rings is 1. The lowest BCUT2D eigenvalue weighted by molar-refractivity contribution is 0.0992. The predicted molar refractivity (Wildman–Crippen MR) is 117 cm³/mol. The Hall–Kier alpha value is -2.18. The van der Waals surface area contributed by atoms with Crippen molar-refractivity contribution in [1.29, 1.82) is 0 Å². The van der Waals surface area contributed by atoms with Crippen molar-refractivity contribution in [2.75, 3.05) is 12.4 Å². The van der Waals surface area contributed by atoms with Gasteiger partial charge in [0.1, 0.15) is 10.8 Å². The summed E-state index contributed by atoms with van der Waals surface area (Å²) >= 11 is 6.82. The first-order valence-electron chi connectivity index (χ1n) is 9.39. The van der Waals surface area contributed by atoms with E-state index in [1.165, 1.54) is 62.4 Å². The molecule has 2 aliphatic carbocycles. The molecular formula is C21H25ClN4OS. The van der Waals surface area contributed by atoms with E-state index in [2.05, 4.69) is 34.7 Å². The summed E-state index contributed by atoms with van der Waals surface area (Å²) in [6, 6.07) is 5.73. The van der Waals surface area contributed by atoms with Crippen molar-refractivity contribution in [3.8, 4) is 0 Å². The van der Waals surface area contributed by atoms with Gasteiger partial charge in [0.05, 0.1) is 4.90 Å². The first-order chi connectivity index (χ1) is 13.5. The fourth-order valence-electron chi connectivity index (χ4n) is 3.90. The second kappa shape index (κ2) is 9.34. The van der Waals surface area contributed by atoms with Gasteiger partial charge in [0.2, 0.25) is 0 Å². The lowest BCUT2D eigenvalue weighted by Gasteiger charge is -2.14. The van der Waals surface area contributed by atoms with Gasteiger partial charge in [-0.15, -0.1) is 0 Å². The standard InChI is InChI=1S/C13H17N.C8H8ClN3OS/c1-14-13-11-6-2-4-9(11)8-10-5-3-7-12(10)13;1-2-11-14-5-3-4-6(9)12-7(5)8(10)13/h8,14H,2-7H2,1H3;2-4,11H,1H2,(H2,10,13). The number of anilines is 1. The quantitative estimate of drug-likeness (QED) is 0.500. The van der Waals surface area contributed by atoms with Gasteiger partial charge in [-0.25, -0.2) is 4.98 Å². The highest BCUT2D eigenvalue weighted by Gasteiger charge is 2.22. The van der Waals surface area contributed by atoms with Crippen LogP contribution in [0.2, 0.25) is 5.15 Å². The van der Waals surface area contributed by atoms with E-state index in [1.54, 1.807) is 34.4 Å². The monoisotopic (exact) mass is 416 g/mol. The Kier molecular flexibility index (Phi) is 6.86. The third-order valence-corrected chi connectivity index (χ3v) is 6.08. The van der Waals surface area contributed by atoms with Gasteiger partial charge in [-0.3, -0.25) is 4.79 Å². The number of amides is 1. The maximum atomic E-state index is 11.0. The molecule has 0 radical (unpaired) electrons. The number of hydrogen-bond acceptors (Lipinski definition) is 5. The van der Waals surface area contributed by atoms with Gasteiger partial charge < -0.3 is 15.8 Å². The molecule has 1 amide bonds. The normalized spacial score (nSPS) is 13.8. The smallest absolute Gasteiger partial charge is 0.268 e. The number of nitrogens with two attached hydrogens (primary N) is 1. The van der Waals surface area contributed by atoms with E-state index >= 15 is 0 Å². The largest absolute Gasteiger partial charge is 0.388 e. The summed E-state index contributed by atoms with van der Waals surface area (Å²) in [5.74, 6) is -0.610. The van der Waals surface area contributed by atoms with Crippen LogP contribution in [-0.2, 0) is 25.7 Å². The zero-order chi connectivity index (χ0) is 20.1. The second-order valence-corrected chi connectivity index (χ2v) is 8.02. The summed E-state index contributed by atoms with van der Waals surface area (Å²) in [6.45, 7) is 3.47. The molecule has 0 spiro atoms. The molecule has 7 heteroatoms. The van der Waals surface area contributed by atoms with Crippen LogP contribution in [0.15, 0.2) is 35.9 Å². The number of benzene rings is 1. The fraction of sp³-hybridized carbons (Fsp3) is 0.333. The molecule has 4 rings (SSSR count). The Morgan fingerprint density at radius 1 is 1.21 bits per heavy atom. The van der Waals surface area contributed by atoms with Crippen LogP contribution < -0.4 is 15.8 Å². The van der Waals surface area contributed by atoms with Crippen molar-refractivity contribution in [3.05, 3.63) is 64.1 Å². The van der Waals surface area contributed by atoms with E-state index in [9.17, 15) is 4.79 Å². The average Bonchev–Trinajstić information content (AvgIpc) is 3.34.